The summed E-state index contributed by atoms with van der Waals surface area (Å²) in [7, 11) is 0.0679. The summed E-state index contributed by atoms with van der Waals surface area (Å²) in [6.45, 7) is 6.88. The quantitative estimate of drug-likeness (QED) is 0.636. The highest BCUT2D eigenvalue weighted by Gasteiger charge is 2.23. The fourth-order valence-electron chi connectivity index (χ4n) is 3.12. The van der Waals surface area contributed by atoms with E-state index in [1.54, 1.807) is 26.0 Å². The Bertz CT molecular complexity index is 953. The van der Waals surface area contributed by atoms with Gasteiger partial charge in [-0.05, 0) is 37.1 Å². The van der Waals surface area contributed by atoms with E-state index in [4.69, 9.17) is 0 Å². The normalized spacial score (nSPS) is 11.4. The van der Waals surface area contributed by atoms with E-state index >= 15 is 0 Å². The summed E-state index contributed by atoms with van der Waals surface area (Å²) in [6, 6.07) is 12.6. The number of nitrogens with one attached hydrogen (secondary N) is 2. The number of anilines is 2. The van der Waals surface area contributed by atoms with Crippen molar-refractivity contribution in [3.8, 4) is 0 Å². The van der Waals surface area contributed by atoms with Gasteiger partial charge in [0.1, 0.15) is 0 Å². The molecular weight excluding hydrogens is 400 g/mol. The van der Waals surface area contributed by atoms with Gasteiger partial charge in [0.2, 0.25) is 10.0 Å². The zero-order valence-electron chi connectivity index (χ0n) is 18.4. The molecule has 0 aliphatic rings. The first-order valence-corrected chi connectivity index (χ1v) is 11.5. The Balaban J connectivity index is 2.14. The van der Waals surface area contributed by atoms with Crippen LogP contribution in [-0.4, -0.2) is 52.5 Å². The smallest absolute Gasteiger partial charge is 0.319 e. The lowest BCUT2D eigenvalue weighted by Gasteiger charge is -2.22. The van der Waals surface area contributed by atoms with E-state index in [9.17, 15) is 13.2 Å². The Morgan fingerprint density at radius 1 is 1.00 bits per heavy atom. The van der Waals surface area contributed by atoms with Gasteiger partial charge in [-0.15, -0.1) is 0 Å². The largest absolute Gasteiger partial charge is 0.376 e. The summed E-state index contributed by atoms with van der Waals surface area (Å²) < 4.78 is 27.1. The van der Waals surface area contributed by atoms with Crippen molar-refractivity contribution >= 4 is 27.4 Å². The number of carbonyl (C=O) groups is 1. The molecule has 0 heterocycles. The molecular formula is C22H32N4O3S. The fourth-order valence-corrected chi connectivity index (χ4v) is 4.60. The van der Waals surface area contributed by atoms with Crippen LogP contribution < -0.4 is 15.5 Å². The van der Waals surface area contributed by atoms with Crippen LogP contribution >= 0.6 is 0 Å². The molecule has 2 aromatic rings. The molecule has 2 amide bonds. The van der Waals surface area contributed by atoms with Crippen molar-refractivity contribution in [2.75, 3.05) is 43.9 Å². The molecule has 0 fully saturated rings. The number of aryl methyl sites for hydroxylation is 1. The van der Waals surface area contributed by atoms with Gasteiger partial charge in [0.05, 0.1) is 16.3 Å². The average molecular weight is 433 g/mol. The van der Waals surface area contributed by atoms with Gasteiger partial charge < -0.3 is 15.5 Å². The van der Waals surface area contributed by atoms with Crippen LogP contribution in [0.1, 0.15) is 25.0 Å². The predicted molar refractivity (Wildman–Crippen MR) is 123 cm³/mol. The Kier molecular flexibility index (Phi) is 8.25. The van der Waals surface area contributed by atoms with Crippen molar-refractivity contribution in [3.63, 3.8) is 0 Å². The second-order valence-electron chi connectivity index (χ2n) is 7.28. The molecule has 0 aliphatic heterocycles. The molecule has 0 unspecified atom stereocenters. The highest BCUT2D eigenvalue weighted by Crippen LogP contribution is 2.29. The molecule has 0 radical (unpaired) electrons. The molecule has 0 bridgehead atoms. The lowest BCUT2D eigenvalue weighted by atomic mass is 10.1. The van der Waals surface area contributed by atoms with E-state index in [1.165, 1.54) is 15.9 Å². The fraction of sp³-hybridized carbons (Fsp3) is 0.409. The summed E-state index contributed by atoms with van der Waals surface area (Å²) in [5.74, 6) is 0. The van der Waals surface area contributed by atoms with Crippen LogP contribution in [0.3, 0.4) is 0 Å². The average Bonchev–Trinajstić information content (AvgIpc) is 2.70. The molecule has 0 atom stereocenters. The van der Waals surface area contributed by atoms with Gasteiger partial charge in [-0.25, -0.2) is 13.2 Å². The molecule has 0 spiro atoms. The van der Waals surface area contributed by atoms with Crippen molar-refractivity contribution in [1.29, 1.82) is 0 Å². The lowest BCUT2D eigenvalue weighted by Crippen LogP contribution is -2.32. The number of hydrogen-bond acceptors (Lipinski definition) is 4. The highest BCUT2D eigenvalue weighted by molar-refractivity contribution is 7.89. The topological polar surface area (TPSA) is 81.8 Å². The Labute approximate surface area is 180 Å². The van der Waals surface area contributed by atoms with E-state index in [0.717, 1.165) is 11.3 Å². The van der Waals surface area contributed by atoms with Crippen molar-refractivity contribution in [2.45, 2.75) is 32.1 Å². The molecule has 30 heavy (non-hydrogen) atoms. The molecule has 7 nitrogen and oxygen atoms in total. The molecule has 8 heteroatoms. The van der Waals surface area contributed by atoms with Gasteiger partial charge in [-0.2, -0.15) is 4.31 Å². The van der Waals surface area contributed by atoms with Gasteiger partial charge >= 0.3 is 6.03 Å². The molecule has 0 saturated carbocycles. The molecule has 0 saturated heterocycles. The van der Waals surface area contributed by atoms with Crippen LogP contribution in [0, 0.1) is 6.92 Å². The summed E-state index contributed by atoms with van der Waals surface area (Å²) in [4.78, 5) is 14.4. The van der Waals surface area contributed by atoms with Gasteiger partial charge in [0.25, 0.3) is 0 Å². The minimum atomic E-state index is -3.62. The molecule has 164 valence electrons. The zero-order chi connectivity index (χ0) is 22.3. The molecule has 0 aromatic heterocycles. The first kappa shape index (κ1) is 23.7. The third kappa shape index (κ3) is 5.96. The van der Waals surface area contributed by atoms with Crippen LogP contribution in [0.2, 0.25) is 0 Å². The van der Waals surface area contributed by atoms with E-state index < -0.39 is 10.0 Å². The van der Waals surface area contributed by atoms with Gasteiger partial charge in [0.15, 0.2) is 0 Å². The Morgan fingerprint density at radius 3 is 2.20 bits per heavy atom. The van der Waals surface area contributed by atoms with E-state index in [1.807, 2.05) is 50.2 Å². The summed E-state index contributed by atoms with van der Waals surface area (Å²) in [5, 5.41) is 5.64. The maximum atomic E-state index is 12.9. The summed E-state index contributed by atoms with van der Waals surface area (Å²) in [6.07, 6.45) is 0.713. The van der Waals surface area contributed by atoms with Crippen LogP contribution in [0.25, 0.3) is 0 Å². The van der Waals surface area contributed by atoms with E-state index in [2.05, 4.69) is 10.6 Å². The number of rotatable bonds is 9. The first-order chi connectivity index (χ1) is 14.2. The lowest BCUT2D eigenvalue weighted by molar-refractivity contribution is 0.252. The standard InChI is InChI=1S/C22H32N4O3S/c1-6-26(7-2)30(28,29)19-12-13-21(25(4)5)20(16-19)24-22(27)23-15-14-18-10-8-17(3)9-11-18/h8-13,16H,6-7,14-15H2,1-5H3,(H2,23,24,27). The SMILES string of the molecule is CCN(CC)S(=O)(=O)c1ccc(N(C)C)c(NC(=O)NCCc2ccc(C)cc2)c1. The predicted octanol–water partition coefficient (Wildman–Crippen LogP) is 3.46. The number of urea groups is 1. The maximum absolute atomic E-state index is 12.9. The number of nitrogens with zero attached hydrogens (tertiary/aromatic N) is 2. The Morgan fingerprint density at radius 2 is 1.63 bits per heavy atom. The van der Waals surface area contributed by atoms with Crippen LogP contribution in [0.5, 0.6) is 0 Å². The van der Waals surface area contributed by atoms with Crippen molar-refractivity contribution < 1.29 is 13.2 Å². The first-order valence-electron chi connectivity index (χ1n) is 10.1. The molecule has 2 N–H and O–H groups in total. The third-order valence-corrected chi connectivity index (χ3v) is 6.91. The zero-order valence-corrected chi connectivity index (χ0v) is 19.2. The maximum Gasteiger partial charge on any atom is 0.319 e. The Hall–Kier alpha value is -2.58. The van der Waals surface area contributed by atoms with Crippen molar-refractivity contribution in [2.24, 2.45) is 0 Å². The van der Waals surface area contributed by atoms with Crippen LogP contribution in [0.4, 0.5) is 16.2 Å². The monoisotopic (exact) mass is 432 g/mol. The van der Waals surface area contributed by atoms with Crippen molar-refractivity contribution in [1.82, 2.24) is 9.62 Å². The van der Waals surface area contributed by atoms with E-state index in [-0.39, 0.29) is 10.9 Å². The van der Waals surface area contributed by atoms with Gasteiger partial charge in [-0.1, -0.05) is 43.7 Å². The van der Waals surface area contributed by atoms with Crippen molar-refractivity contribution in [3.05, 3.63) is 53.6 Å². The van der Waals surface area contributed by atoms with E-state index in [0.29, 0.717) is 31.7 Å². The summed E-state index contributed by atoms with van der Waals surface area (Å²) >= 11 is 0. The van der Waals surface area contributed by atoms with Crippen LogP contribution in [-0.2, 0) is 16.4 Å². The van der Waals surface area contributed by atoms with Crippen LogP contribution in [0.15, 0.2) is 47.4 Å². The second kappa shape index (κ2) is 10.4. The highest BCUT2D eigenvalue weighted by atomic mass is 32.2. The number of sulfonamides is 1. The second-order valence-corrected chi connectivity index (χ2v) is 9.22. The number of amides is 2. The van der Waals surface area contributed by atoms with Gasteiger partial charge in [-0.3, -0.25) is 0 Å². The summed E-state index contributed by atoms with van der Waals surface area (Å²) in [5.41, 5.74) is 3.51. The number of carbonyl (C=O) groups excluding carboxylic acids is 1. The molecule has 0 aliphatic carbocycles. The number of hydrogen-bond donors (Lipinski definition) is 2. The number of benzene rings is 2. The molecule has 2 rings (SSSR count). The minimum absolute atomic E-state index is 0.159. The van der Waals surface area contributed by atoms with Gasteiger partial charge in [0, 0.05) is 33.7 Å². The third-order valence-electron chi connectivity index (χ3n) is 4.86. The molecule has 2 aromatic carbocycles. The minimum Gasteiger partial charge on any atom is -0.376 e.